The van der Waals surface area contributed by atoms with E-state index < -0.39 is 24.5 Å². The topological polar surface area (TPSA) is 111 Å². The molecule has 152 valence electrons. The van der Waals surface area contributed by atoms with Crippen molar-refractivity contribution >= 4 is 23.5 Å². The first-order chi connectivity index (χ1) is 13.3. The third-order valence-corrected chi connectivity index (χ3v) is 4.34. The number of methoxy groups -OCH3 is 2. The van der Waals surface area contributed by atoms with Gasteiger partial charge >= 0.3 is 11.9 Å². The average Bonchev–Trinajstić information content (AvgIpc) is 3.05. The third kappa shape index (κ3) is 4.41. The van der Waals surface area contributed by atoms with Gasteiger partial charge in [-0.05, 0) is 19.8 Å². The Morgan fingerprint density at radius 2 is 1.93 bits per heavy atom. The molecule has 2 N–H and O–H groups in total. The monoisotopic (exact) mass is 395 g/mol. The zero-order valence-corrected chi connectivity index (χ0v) is 15.9. The van der Waals surface area contributed by atoms with Crippen LogP contribution < -0.4 is 14.8 Å². The van der Waals surface area contributed by atoms with Crippen molar-refractivity contribution in [1.82, 2.24) is 0 Å². The molecule has 0 radical (unpaired) electrons. The Balaban J connectivity index is 2.58. The first-order valence-corrected chi connectivity index (χ1v) is 8.54. The molecule has 1 aromatic rings. The molecular formula is C19H22FNO7. The van der Waals surface area contributed by atoms with E-state index in [0.29, 0.717) is 23.3 Å². The van der Waals surface area contributed by atoms with Gasteiger partial charge in [0.1, 0.15) is 6.61 Å². The Kier molecular flexibility index (Phi) is 6.97. The summed E-state index contributed by atoms with van der Waals surface area (Å²) in [6, 6.07) is 0. The summed E-state index contributed by atoms with van der Waals surface area (Å²) in [6.07, 6.45) is 2.28. The van der Waals surface area contributed by atoms with Crippen LogP contribution >= 0.6 is 0 Å². The molecule has 0 atom stereocenters. The Morgan fingerprint density at radius 1 is 1.25 bits per heavy atom. The lowest BCUT2D eigenvalue weighted by Gasteiger charge is -2.20. The summed E-state index contributed by atoms with van der Waals surface area (Å²) in [5, 5.41) is 11.2. The molecule has 0 saturated heterocycles. The van der Waals surface area contributed by atoms with Crippen LogP contribution in [-0.4, -0.2) is 43.8 Å². The minimum absolute atomic E-state index is 0.0231. The van der Waals surface area contributed by atoms with Crippen LogP contribution in [0.25, 0.3) is 0 Å². The number of halogens is 1. The van der Waals surface area contributed by atoms with Crippen molar-refractivity contribution in [3.63, 3.8) is 0 Å². The number of carbonyl (C=O) groups is 3. The zero-order valence-electron chi connectivity index (χ0n) is 15.9. The lowest BCUT2D eigenvalue weighted by molar-refractivity contribution is -0.137. The highest BCUT2D eigenvalue weighted by Gasteiger charge is 2.34. The number of nitrogens with one attached hydrogen (secondary N) is 1. The van der Waals surface area contributed by atoms with Crippen molar-refractivity contribution in [3.05, 3.63) is 28.3 Å². The molecule has 8 nitrogen and oxygen atoms in total. The lowest BCUT2D eigenvalue weighted by Crippen LogP contribution is -2.18. The molecule has 1 aromatic carbocycles. The van der Waals surface area contributed by atoms with E-state index in [2.05, 4.69) is 5.32 Å². The maximum atomic E-state index is 12.8. The third-order valence-electron chi connectivity index (χ3n) is 4.34. The maximum Gasteiger partial charge on any atom is 0.341 e. The highest BCUT2D eigenvalue weighted by atomic mass is 19.1. The van der Waals surface area contributed by atoms with E-state index in [1.54, 1.807) is 13.0 Å². The van der Waals surface area contributed by atoms with E-state index in [0.717, 1.165) is 5.57 Å². The number of esters is 1. The van der Waals surface area contributed by atoms with Gasteiger partial charge in [0.15, 0.2) is 18.2 Å². The second-order valence-corrected chi connectivity index (χ2v) is 6.18. The normalized spacial score (nSPS) is 13.0. The van der Waals surface area contributed by atoms with E-state index in [4.69, 9.17) is 19.3 Å². The number of benzene rings is 1. The summed E-state index contributed by atoms with van der Waals surface area (Å²) in [6.45, 7) is 0.457. The summed E-state index contributed by atoms with van der Waals surface area (Å²) in [5.74, 6) is -1.90. The van der Waals surface area contributed by atoms with Gasteiger partial charge in [0.25, 0.3) is 5.91 Å². The van der Waals surface area contributed by atoms with E-state index in [1.165, 1.54) is 14.2 Å². The van der Waals surface area contributed by atoms with Crippen molar-refractivity contribution < 1.29 is 38.1 Å². The molecule has 1 aliphatic rings. The van der Waals surface area contributed by atoms with Crippen LogP contribution in [0.3, 0.4) is 0 Å². The number of hydrogen-bond donors (Lipinski definition) is 2. The molecule has 28 heavy (non-hydrogen) atoms. The van der Waals surface area contributed by atoms with E-state index >= 15 is 0 Å². The number of allylic oxidation sites excluding steroid dienone is 2. The van der Waals surface area contributed by atoms with E-state index in [-0.39, 0.29) is 36.4 Å². The second-order valence-electron chi connectivity index (χ2n) is 6.18. The zero-order chi connectivity index (χ0) is 20.8. The van der Waals surface area contributed by atoms with Gasteiger partial charge in [0.2, 0.25) is 0 Å². The predicted molar refractivity (Wildman–Crippen MR) is 97.6 cm³/mol. The minimum Gasteiger partial charge on any atom is -0.492 e. The van der Waals surface area contributed by atoms with Crippen LogP contribution in [0.4, 0.5) is 10.1 Å². The van der Waals surface area contributed by atoms with Crippen molar-refractivity contribution in [2.45, 2.75) is 32.8 Å². The smallest absolute Gasteiger partial charge is 0.341 e. The minimum atomic E-state index is -1.26. The van der Waals surface area contributed by atoms with Gasteiger partial charge in [-0.25, -0.2) is 9.18 Å². The summed E-state index contributed by atoms with van der Waals surface area (Å²) < 4.78 is 28.7. The van der Waals surface area contributed by atoms with Gasteiger partial charge in [-0.2, -0.15) is 0 Å². The number of carboxylic acids is 1. The Bertz CT molecular complexity index is 832. The average molecular weight is 395 g/mol. The molecule has 0 bridgehead atoms. The fraction of sp³-hybridized carbons (Fsp3) is 0.421. The summed E-state index contributed by atoms with van der Waals surface area (Å²) in [5.41, 5.74) is 1.84. The Morgan fingerprint density at radius 3 is 2.50 bits per heavy atom. The van der Waals surface area contributed by atoms with Gasteiger partial charge in [0.05, 0.1) is 31.0 Å². The standard InChI is InChI=1S/C19H22FNO7/c1-10(5-7-14(23)24)4-6-11-16(21-13(22)8-20)15-12(9-28-19(15)25)18(27-3)17(11)26-2/h4H,5-9H2,1-3H3,(H,21,22)(H,23,24). The van der Waals surface area contributed by atoms with Gasteiger partial charge in [-0.15, -0.1) is 0 Å². The van der Waals surface area contributed by atoms with Crippen molar-refractivity contribution in [2.24, 2.45) is 0 Å². The number of cyclic esters (lactones) is 1. The second kappa shape index (κ2) is 9.20. The van der Waals surface area contributed by atoms with E-state index in [9.17, 15) is 18.8 Å². The first kappa shape index (κ1) is 21.2. The predicted octanol–water partition coefficient (Wildman–Crippen LogP) is 2.64. The van der Waals surface area contributed by atoms with Crippen molar-refractivity contribution in [3.8, 4) is 11.5 Å². The SMILES string of the molecule is COc1c(CC=C(C)CCC(=O)O)c(NC(=O)CF)c2c(c1OC)COC2=O. The van der Waals surface area contributed by atoms with Crippen LogP contribution in [0.1, 0.15) is 41.3 Å². The van der Waals surface area contributed by atoms with Crippen LogP contribution in [0.2, 0.25) is 0 Å². The van der Waals surface area contributed by atoms with Gasteiger partial charge in [-0.3, -0.25) is 9.59 Å². The fourth-order valence-corrected chi connectivity index (χ4v) is 3.00. The molecule has 2 rings (SSSR count). The quantitative estimate of drug-likeness (QED) is 0.488. The molecule has 0 aromatic heterocycles. The maximum absolute atomic E-state index is 12.8. The van der Waals surface area contributed by atoms with Crippen LogP contribution in [-0.2, 0) is 27.4 Å². The van der Waals surface area contributed by atoms with Crippen LogP contribution in [0.5, 0.6) is 11.5 Å². The van der Waals surface area contributed by atoms with Crippen LogP contribution in [0.15, 0.2) is 11.6 Å². The van der Waals surface area contributed by atoms with Gasteiger partial charge in [-0.1, -0.05) is 11.6 Å². The van der Waals surface area contributed by atoms with Gasteiger partial charge < -0.3 is 24.6 Å². The number of ether oxygens (including phenoxy) is 3. The molecule has 0 unspecified atom stereocenters. The number of fused-ring (bicyclic) bond motifs is 1. The number of anilines is 1. The largest absolute Gasteiger partial charge is 0.492 e. The fourth-order valence-electron chi connectivity index (χ4n) is 3.00. The number of carboxylic acid groups (broad SMARTS) is 1. The Hall–Kier alpha value is -3.10. The van der Waals surface area contributed by atoms with E-state index in [1.807, 2.05) is 0 Å². The number of amides is 1. The summed E-state index contributed by atoms with van der Waals surface area (Å²) >= 11 is 0. The molecular weight excluding hydrogens is 373 g/mol. The number of rotatable bonds is 9. The van der Waals surface area contributed by atoms with Crippen molar-refractivity contribution in [1.29, 1.82) is 0 Å². The molecule has 1 aliphatic heterocycles. The van der Waals surface area contributed by atoms with Gasteiger partial charge in [0, 0.05) is 12.0 Å². The molecule has 0 spiro atoms. The lowest BCUT2D eigenvalue weighted by atomic mass is 9.96. The highest BCUT2D eigenvalue weighted by molar-refractivity contribution is 6.06. The summed E-state index contributed by atoms with van der Waals surface area (Å²) in [4.78, 5) is 34.7. The number of carbonyl (C=O) groups excluding carboxylic acids is 2. The molecule has 0 fully saturated rings. The number of hydrogen-bond acceptors (Lipinski definition) is 6. The highest BCUT2D eigenvalue weighted by Crippen LogP contribution is 2.46. The molecule has 0 saturated carbocycles. The van der Waals surface area contributed by atoms with Crippen molar-refractivity contribution in [2.75, 3.05) is 26.2 Å². The number of aliphatic carboxylic acids is 1. The molecule has 0 aliphatic carbocycles. The first-order valence-electron chi connectivity index (χ1n) is 8.54. The number of alkyl halides is 1. The molecule has 1 amide bonds. The summed E-state index contributed by atoms with van der Waals surface area (Å²) in [7, 11) is 2.83. The molecule has 9 heteroatoms. The molecule has 1 heterocycles. The Labute approximate surface area is 161 Å². The van der Waals surface area contributed by atoms with Crippen LogP contribution in [0, 0.1) is 0 Å².